The molecule has 0 aromatic carbocycles. The summed E-state index contributed by atoms with van der Waals surface area (Å²) in [6, 6.07) is 1.74. The lowest BCUT2D eigenvalue weighted by molar-refractivity contribution is 0.0691. The maximum absolute atomic E-state index is 12.5. The molecule has 0 spiro atoms. The molecule has 0 unspecified atom stereocenters. The highest BCUT2D eigenvalue weighted by Crippen LogP contribution is 2.32. The van der Waals surface area contributed by atoms with Crippen LogP contribution in [-0.2, 0) is 10.0 Å². The summed E-state index contributed by atoms with van der Waals surface area (Å²) >= 11 is 0. The second-order valence-corrected chi connectivity index (χ2v) is 6.39. The predicted octanol–water partition coefficient (Wildman–Crippen LogP) is 0.483. The van der Waals surface area contributed by atoms with E-state index in [1.165, 1.54) is 11.2 Å². The first kappa shape index (κ1) is 14.5. The van der Waals surface area contributed by atoms with Crippen LogP contribution >= 0.6 is 0 Å². The Morgan fingerprint density at radius 2 is 2.25 bits per heavy atom. The molecule has 0 bridgehead atoms. The summed E-state index contributed by atoms with van der Waals surface area (Å²) in [5, 5.41) is 23.3. The van der Waals surface area contributed by atoms with Gasteiger partial charge in [-0.15, -0.1) is 0 Å². The van der Waals surface area contributed by atoms with Crippen molar-refractivity contribution in [3.05, 3.63) is 11.3 Å². The summed E-state index contributed by atoms with van der Waals surface area (Å²) in [5.41, 5.74) is -0.153. The number of carboxylic acids is 1. The van der Waals surface area contributed by atoms with Gasteiger partial charge in [-0.25, -0.2) is 13.2 Å². The lowest BCUT2D eigenvalue weighted by Gasteiger charge is -2.19. The van der Waals surface area contributed by atoms with Crippen molar-refractivity contribution in [2.45, 2.75) is 37.3 Å². The fraction of sp³-hybridized carbons (Fsp3) is 0.545. The van der Waals surface area contributed by atoms with Crippen LogP contribution in [-0.4, -0.2) is 46.6 Å². The molecule has 1 heterocycles. The smallest absolute Gasteiger partial charge is 0.340 e. The SMILES string of the molecule is Cc1[nH]nc(S(=O)(=O)N(CCC#N)C2CC2)c1C(=O)O. The first-order valence-electron chi connectivity index (χ1n) is 6.06. The van der Waals surface area contributed by atoms with Gasteiger partial charge in [0.25, 0.3) is 10.0 Å². The molecule has 0 saturated heterocycles. The number of H-pyrrole nitrogens is 1. The van der Waals surface area contributed by atoms with E-state index in [1.807, 2.05) is 6.07 Å². The van der Waals surface area contributed by atoms with Crippen LogP contribution in [0.25, 0.3) is 0 Å². The minimum absolute atomic E-state index is 0.0501. The highest BCUT2D eigenvalue weighted by Gasteiger charge is 2.41. The molecule has 20 heavy (non-hydrogen) atoms. The number of hydrogen-bond acceptors (Lipinski definition) is 5. The highest BCUT2D eigenvalue weighted by atomic mass is 32.2. The van der Waals surface area contributed by atoms with E-state index in [1.54, 1.807) is 0 Å². The molecule has 0 atom stereocenters. The van der Waals surface area contributed by atoms with E-state index < -0.39 is 21.0 Å². The fourth-order valence-corrected chi connectivity index (χ4v) is 3.79. The lowest BCUT2D eigenvalue weighted by Crippen LogP contribution is -2.35. The Bertz CT molecular complexity index is 669. The zero-order valence-corrected chi connectivity index (χ0v) is 11.6. The minimum Gasteiger partial charge on any atom is -0.478 e. The van der Waals surface area contributed by atoms with Crippen LogP contribution in [0.1, 0.15) is 35.3 Å². The average Bonchev–Trinajstić information content (AvgIpc) is 3.10. The molecule has 108 valence electrons. The Balaban J connectivity index is 2.43. The molecule has 1 aliphatic rings. The topological polar surface area (TPSA) is 127 Å². The van der Waals surface area contributed by atoms with E-state index in [0.717, 1.165) is 12.8 Å². The number of rotatable bonds is 6. The molecule has 2 rings (SSSR count). The maximum Gasteiger partial charge on any atom is 0.340 e. The molecule has 1 aromatic heterocycles. The molecule has 0 radical (unpaired) electrons. The van der Waals surface area contributed by atoms with Gasteiger partial charge in [0.15, 0.2) is 0 Å². The fourth-order valence-electron chi connectivity index (χ4n) is 1.98. The summed E-state index contributed by atoms with van der Waals surface area (Å²) in [5.74, 6) is -1.34. The normalized spacial score (nSPS) is 15.2. The summed E-state index contributed by atoms with van der Waals surface area (Å²) in [4.78, 5) is 11.2. The number of aromatic amines is 1. The molecule has 1 saturated carbocycles. The molecule has 2 N–H and O–H groups in total. The Hall–Kier alpha value is -1.92. The third kappa shape index (κ3) is 2.52. The number of carbonyl (C=O) groups is 1. The van der Waals surface area contributed by atoms with Crippen molar-refractivity contribution >= 4 is 16.0 Å². The van der Waals surface area contributed by atoms with E-state index >= 15 is 0 Å². The number of carboxylic acid groups (broad SMARTS) is 1. The van der Waals surface area contributed by atoms with Crippen LogP contribution in [0.15, 0.2) is 5.03 Å². The van der Waals surface area contributed by atoms with Crippen molar-refractivity contribution in [3.8, 4) is 6.07 Å². The zero-order valence-electron chi connectivity index (χ0n) is 10.8. The monoisotopic (exact) mass is 298 g/mol. The van der Waals surface area contributed by atoms with Crippen molar-refractivity contribution < 1.29 is 18.3 Å². The molecule has 0 aliphatic heterocycles. The van der Waals surface area contributed by atoms with E-state index in [9.17, 15) is 13.2 Å². The van der Waals surface area contributed by atoms with Crippen LogP contribution < -0.4 is 0 Å². The van der Waals surface area contributed by atoms with E-state index in [-0.39, 0.29) is 30.3 Å². The van der Waals surface area contributed by atoms with Crippen LogP contribution in [0, 0.1) is 18.3 Å². The Morgan fingerprint density at radius 1 is 1.60 bits per heavy atom. The quantitative estimate of drug-likeness (QED) is 0.786. The van der Waals surface area contributed by atoms with Crippen molar-refractivity contribution in [1.82, 2.24) is 14.5 Å². The Kier molecular flexibility index (Phi) is 3.78. The van der Waals surface area contributed by atoms with E-state index in [0.29, 0.717) is 0 Å². The number of nitriles is 1. The number of hydrogen-bond donors (Lipinski definition) is 2. The van der Waals surface area contributed by atoms with Gasteiger partial charge in [0.1, 0.15) is 5.56 Å². The lowest BCUT2D eigenvalue weighted by atomic mass is 10.3. The molecule has 1 aliphatic carbocycles. The van der Waals surface area contributed by atoms with Gasteiger partial charge in [0, 0.05) is 24.7 Å². The number of nitrogens with zero attached hydrogens (tertiary/aromatic N) is 3. The molecule has 1 fully saturated rings. The summed E-state index contributed by atoms with van der Waals surface area (Å²) < 4.78 is 26.2. The first-order valence-corrected chi connectivity index (χ1v) is 7.50. The van der Waals surface area contributed by atoms with Gasteiger partial charge in [0.2, 0.25) is 5.03 Å². The van der Waals surface area contributed by atoms with Gasteiger partial charge in [-0.3, -0.25) is 5.10 Å². The van der Waals surface area contributed by atoms with Crippen molar-refractivity contribution in [1.29, 1.82) is 5.26 Å². The Labute approximate surface area is 116 Å². The number of aromatic nitrogens is 2. The second-order valence-electron chi connectivity index (χ2n) is 4.59. The zero-order chi connectivity index (χ0) is 14.9. The second kappa shape index (κ2) is 5.22. The molecule has 0 amide bonds. The van der Waals surface area contributed by atoms with Crippen molar-refractivity contribution in [2.24, 2.45) is 0 Å². The highest BCUT2D eigenvalue weighted by molar-refractivity contribution is 7.89. The predicted molar refractivity (Wildman–Crippen MR) is 67.4 cm³/mol. The first-order chi connectivity index (χ1) is 9.39. The largest absolute Gasteiger partial charge is 0.478 e. The van der Waals surface area contributed by atoms with Crippen molar-refractivity contribution in [3.63, 3.8) is 0 Å². The average molecular weight is 298 g/mol. The molecule has 8 nitrogen and oxygen atoms in total. The van der Waals surface area contributed by atoms with Crippen LogP contribution in [0.3, 0.4) is 0 Å². The number of nitrogens with one attached hydrogen (secondary N) is 1. The van der Waals surface area contributed by atoms with Crippen LogP contribution in [0.4, 0.5) is 0 Å². The van der Waals surface area contributed by atoms with Crippen LogP contribution in [0.5, 0.6) is 0 Å². The van der Waals surface area contributed by atoms with Crippen LogP contribution in [0.2, 0.25) is 0 Å². The van der Waals surface area contributed by atoms with Crippen molar-refractivity contribution in [2.75, 3.05) is 6.54 Å². The summed E-state index contributed by atoms with van der Waals surface area (Å²) in [6.07, 6.45) is 1.49. The van der Waals surface area contributed by atoms with Gasteiger partial charge in [-0.1, -0.05) is 0 Å². The number of sulfonamides is 1. The number of aromatic carboxylic acids is 1. The maximum atomic E-state index is 12.5. The molecule has 9 heteroatoms. The van der Waals surface area contributed by atoms with Gasteiger partial charge in [-0.2, -0.15) is 14.7 Å². The van der Waals surface area contributed by atoms with E-state index in [2.05, 4.69) is 10.2 Å². The third-order valence-corrected chi connectivity index (χ3v) is 4.96. The Morgan fingerprint density at radius 3 is 2.75 bits per heavy atom. The standard InChI is InChI=1S/C11H14N4O4S/c1-7-9(11(16)17)10(14-13-7)20(18,19)15(6-2-5-12)8-3-4-8/h8H,2-4,6H2,1H3,(H,13,14)(H,16,17). The minimum atomic E-state index is -4.01. The molecular formula is C11H14N4O4S. The van der Waals surface area contributed by atoms with E-state index in [4.69, 9.17) is 10.4 Å². The number of aryl methyl sites for hydroxylation is 1. The van der Waals surface area contributed by atoms with Gasteiger partial charge >= 0.3 is 5.97 Å². The van der Waals surface area contributed by atoms with Gasteiger partial charge < -0.3 is 5.11 Å². The third-order valence-electron chi connectivity index (χ3n) is 3.08. The molecule has 1 aromatic rings. The van der Waals surface area contributed by atoms with Gasteiger partial charge in [-0.05, 0) is 19.8 Å². The summed E-state index contributed by atoms with van der Waals surface area (Å²) in [7, 11) is -4.01. The molecular weight excluding hydrogens is 284 g/mol. The summed E-state index contributed by atoms with van der Waals surface area (Å²) in [6.45, 7) is 1.50. The van der Waals surface area contributed by atoms with Gasteiger partial charge in [0.05, 0.1) is 6.07 Å².